The fraction of sp³-hybridized carbons (Fsp3) is 0.571. The molecule has 1 aromatic rings. The first kappa shape index (κ1) is 14.5. The lowest BCUT2D eigenvalue weighted by molar-refractivity contribution is 0.477. The minimum Gasteiger partial charge on any atom is -0.314 e. The molecule has 1 rings (SSSR count). The summed E-state index contributed by atoms with van der Waals surface area (Å²) < 4.78 is 12.9. The quantitative estimate of drug-likeness (QED) is 0.555. The van der Waals surface area contributed by atoms with Gasteiger partial charge >= 0.3 is 0 Å². The maximum atomic E-state index is 12.9. The zero-order valence-corrected chi connectivity index (χ0v) is 11.5. The second-order valence-electron chi connectivity index (χ2n) is 4.11. The zero-order chi connectivity index (χ0) is 12.5. The standard InChI is InChI=1S/C14H22FNS/c1-3-13(16-4-2)8-6-10-17-14-9-5-7-12(15)11-14/h5,7,9,11,13,16H,3-4,6,8,10H2,1-2H3. The van der Waals surface area contributed by atoms with Crippen LogP contribution >= 0.6 is 11.8 Å². The van der Waals surface area contributed by atoms with Crippen LogP contribution in [0.15, 0.2) is 29.2 Å². The van der Waals surface area contributed by atoms with E-state index in [2.05, 4.69) is 19.2 Å². The molecule has 0 spiro atoms. The normalized spacial score (nSPS) is 12.6. The first-order valence-corrected chi connectivity index (χ1v) is 7.36. The van der Waals surface area contributed by atoms with Gasteiger partial charge in [0, 0.05) is 10.9 Å². The molecule has 0 amide bonds. The largest absolute Gasteiger partial charge is 0.314 e. The van der Waals surface area contributed by atoms with Gasteiger partial charge in [-0.05, 0) is 49.8 Å². The van der Waals surface area contributed by atoms with Gasteiger partial charge in [0.2, 0.25) is 0 Å². The minimum absolute atomic E-state index is 0.144. The van der Waals surface area contributed by atoms with Crippen LogP contribution in [0.1, 0.15) is 33.1 Å². The van der Waals surface area contributed by atoms with Gasteiger partial charge in [-0.2, -0.15) is 0 Å². The molecule has 0 heterocycles. The van der Waals surface area contributed by atoms with Gasteiger partial charge < -0.3 is 5.32 Å². The molecule has 0 bridgehead atoms. The van der Waals surface area contributed by atoms with Crippen LogP contribution in [0.25, 0.3) is 0 Å². The first-order chi connectivity index (χ1) is 8.26. The third-order valence-electron chi connectivity index (χ3n) is 2.75. The second-order valence-corrected chi connectivity index (χ2v) is 5.28. The van der Waals surface area contributed by atoms with Crippen molar-refractivity contribution in [3.8, 4) is 0 Å². The Bertz CT molecular complexity index is 317. The van der Waals surface area contributed by atoms with Crippen LogP contribution in [0.4, 0.5) is 4.39 Å². The van der Waals surface area contributed by atoms with E-state index in [0.29, 0.717) is 6.04 Å². The van der Waals surface area contributed by atoms with Crippen molar-refractivity contribution >= 4 is 11.8 Å². The lowest BCUT2D eigenvalue weighted by Gasteiger charge is -2.15. The maximum Gasteiger partial charge on any atom is 0.124 e. The Morgan fingerprint density at radius 2 is 2.18 bits per heavy atom. The van der Waals surface area contributed by atoms with Crippen molar-refractivity contribution in [3.05, 3.63) is 30.1 Å². The smallest absolute Gasteiger partial charge is 0.124 e. The molecule has 3 heteroatoms. The number of benzene rings is 1. The molecule has 1 N–H and O–H groups in total. The van der Waals surface area contributed by atoms with Gasteiger partial charge in [0.25, 0.3) is 0 Å². The monoisotopic (exact) mass is 255 g/mol. The third-order valence-corrected chi connectivity index (χ3v) is 3.83. The van der Waals surface area contributed by atoms with Gasteiger partial charge in [-0.3, -0.25) is 0 Å². The summed E-state index contributed by atoms with van der Waals surface area (Å²) in [4.78, 5) is 1.03. The molecule has 0 aliphatic rings. The molecule has 0 aliphatic carbocycles. The third kappa shape index (κ3) is 6.08. The molecule has 0 radical (unpaired) electrons. The Hall–Kier alpha value is -0.540. The van der Waals surface area contributed by atoms with Gasteiger partial charge in [0.15, 0.2) is 0 Å². The van der Waals surface area contributed by atoms with Crippen LogP contribution in [0.2, 0.25) is 0 Å². The van der Waals surface area contributed by atoms with E-state index in [0.717, 1.165) is 17.2 Å². The van der Waals surface area contributed by atoms with Crippen LogP contribution in [-0.2, 0) is 0 Å². The van der Waals surface area contributed by atoms with Crippen molar-refractivity contribution in [1.82, 2.24) is 5.32 Å². The molecule has 17 heavy (non-hydrogen) atoms. The summed E-state index contributed by atoms with van der Waals surface area (Å²) >= 11 is 1.74. The van der Waals surface area contributed by atoms with Gasteiger partial charge in [0.1, 0.15) is 5.82 Å². The number of halogens is 1. The van der Waals surface area contributed by atoms with E-state index in [9.17, 15) is 4.39 Å². The molecule has 0 saturated carbocycles. The van der Waals surface area contributed by atoms with Gasteiger partial charge in [-0.1, -0.05) is 19.9 Å². The van der Waals surface area contributed by atoms with Gasteiger partial charge in [-0.25, -0.2) is 4.39 Å². The van der Waals surface area contributed by atoms with E-state index in [1.54, 1.807) is 23.9 Å². The van der Waals surface area contributed by atoms with Crippen LogP contribution in [-0.4, -0.2) is 18.3 Å². The van der Waals surface area contributed by atoms with Crippen molar-refractivity contribution in [1.29, 1.82) is 0 Å². The van der Waals surface area contributed by atoms with Crippen molar-refractivity contribution < 1.29 is 4.39 Å². The fourth-order valence-corrected chi connectivity index (χ4v) is 2.73. The summed E-state index contributed by atoms with van der Waals surface area (Å²) in [5.41, 5.74) is 0. The Morgan fingerprint density at radius 1 is 1.35 bits per heavy atom. The van der Waals surface area contributed by atoms with Crippen LogP contribution in [0.5, 0.6) is 0 Å². The number of rotatable bonds is 8. The highest BCUT2D eigenvalue weighted by Gasteiger charge is 2.03. The molecule has 0 fully saturated rings. The van der Waals surface area contributed by atoms with E-state index in [-0.39, 0.29) is 5.82 Å². The highest BCUT2D eigenvalue weighted by molar-refractivity contribution is 7.99. The van der Waals surface area contributed by atoms with E-state index in [4.69, 9.17) is 0 Å². The van der Waals surface area contributed by atoms with Crippen LogP contribution in [0, 0.1) is 5.82 Å². The molecule has 1 atom stereocenters. The first-order valence-electron chi connectivity index (χ1n) is 6.38. The van der Waals surface area contributed by atoms with Crippen LogP contribution < -0.4 is 5.32 Å². The fourth-order valence-electron chi connectivity index (χ4n) is 1.82. The minimum atomic E-state index is -0.144. The lowest BCUT2D eigenvalue weighted by Crippen LogP contribution is -2.28. The Kier molecular flexibility index (Phi) is 7.29. The maximum absolute atomic E-state index is 12.9. The van der Waals surface area contributed by atoms with E-state index in [1.165, 1.54) is 25.3 Å². The molecule has 96 valence electrons. The SMILES string of the molecule is CCNC(CC)CCCSc1cccc(F)c1. The van der Waals surface area contributed by atoms with Crippen molar-refractivity contribution in [3.63, 3.8) is 0 Å². The Labute approximate surface area is 108 Å². The summed E-state index contributed by atoms with van der Waals surface area (Å²) in [5, 5.41) is 3.47. The molecule has 1 nitrogen and oxygen atoms in total. The summed E-state index contributed by atoms with van der Waals surface area (Å²) in [5.74, 6) is 0.916. The summed E-state index contributed by atoms with van der Waals surface area (Å²) in [6.45, 7) is 5.40. The van der Waals surface area contributed by atoms with Crippen molar-refractivity contribution in [2.75, 3.05) is 12.3 Å². The van der Waals surface area contributed by atoms with E-state index in [1.807, 2.05) is 6.07 Å². The van der Waals surface area contributed by atoms with Gasteiger partial charge in [-0.15, -0.1) is 11.8 Å². The average Bonchev–Trinajstić information content (AvgIpc) is 2.33. The molecular formula is C14H22FNS. The number of thioether (sulfide) groups is 1. The Balaban J connectivity index is 2.19. The zero-order valence-electron chi connectivity index (χ0n) is 10.7. The average molecular weight is 255 g/mol. The predicted octanol–water partition coefficient (Wildman–Crippen LogP) is 4.09. The van der Waals surface area contributed by atoms with Crippen LogP contribution in [0.3, 0.4) is 0 Å². The molecule has 0 saturated heterocycles. The van der Waals surface area contributed by atoms with E-state index >= 15 is 0 Å². The number of nitrogens with one attached hydrogen (secondary N) is 1. The van der Waals surface area contributed by atoms with Gasteiger partial charge in [0.05, 0.1) is 0 Å². The topological polar surface area (TPSA) is 12.0 Å². The lowest BCUT2D eigenvalue weighted by atomic mass is 10.1. The van der Waals surface area contributed by atoms with Crippen molar-refractivity contribution in [2.24, 2.45) is 0 Å². The number of hydrogen-bond acceptors (Lipinski definition) is 2. The predicted molar refractivity (Wildman–Crippen MR) is 74.1 cm³/mol. The molecule has 0 aromatic heterocycles. The molecular weight excluding hydrogens is 233 g/mol. The molecule has 1 aromatic carbocycles. The summed E-state index contributed by atoms with van der Waals surface area (Å²) in [6.07, 6.45) is 3.55. The molecule has 0 aliphatic heterocycles. The Morgan fingerprint density at radius 3 is 2.82 bits per heavy atom. The highest BCUT2D eigenvalue weighted by atomic mass is 32.2. The summed E-state index contributed by atoms with van der Waals surface area (Å²) in [7, 11) is 0. The summed E-state index contributed by atoms with van der Waals surface area (Å²) in [6, 6.07) is 7.46. The highest BCUT2D eigenvalue weighted by Crippen LogP contribution is 2.20. The molecule has 1 unspecified atom stereocenters. The van der Waals surface area contributed by atoms with E-state index < -0.39 is 0 Å². The number of hydrogen-bond donors (Lipinski definition) is 1. The second kappa shape index (κ2) is 8.54. The van der Waals surface area contributed by atoms with Crippen molar-refractivity contribution in [2.45, 2.75) is 44.0 Å².